The number of para-hydroxylation sites is 1. The summed E-state index contributed by atoms with van der Waals surface area (Å²) in [4.78, 5) is 27.1. The van der Waals surface area contributed by atoms with E-state index in [1.54, 1.807) is 0 Å². The second-order valence-electron chi connectivity index (χ2n) is 6.84. The summed E-state index contributed by atoms with van der Waals surface area (Å²) in [6.45, 7) is 3.39. The molecule has 0 saturated carbocycles. The van der Waals surface area contributed by atoms with Gasteiger partial charge >= 0.3 is 0 Å². The highest BCUT2D eigenvalue weighted by atomic mass is 79.9. The van der Waals surface area contributed by atoms with E-state index in [1.165, 1.54) is 0 Å². The highest BCUT2D eigenvalue weighted by Gasteiger charge is 2.29. The van der Waals surface area contributed by atoms with E-state index in [9.17, 15) is 9.59 Å². The van der Waals surface area contributed by atoms with Gasteiger partial charge in [-0.2, -0.15) is 0 Å². The summed E-state index contributed by atoms with van der Waals surface area (Å²) in [6, 6.07) is 16.8. The third-order valence-corrected chi connectivity index (χ3v) is 5.51. The molecule has 2 amide bonds. The van der Waals surface area contributed by atoms with Crippen molar-refractivity contribution in [2.24, 2.45) is 5.92 Å². The van der Waals surface area contributed by atoms with E-state index in [4.69, 9.17) is 0 Å². The summed E-state index contributed by atoms with van der Waals surface area (Å²) < 4.78 is 0.976. The molecular weight excluding hydrogens is 406 g/mol. The van der Waals surface area contributed by atoms with Crippen molar-refractivity contribution in [2.45, 2.75) is 25.8 Å². The minimum atomic E-state index is -0.230. The van der Waals surface area contributed by atoms with Crippen molar-refractivity contribution < 1.29 is 9.59 Å². The SMILES string of the molecule is CC(C(=O)Nc1ccc(Br)cc1)N1CCC(C(=O)Nc2ccccc2)CC1. The summed E-state index contributed by atoms with van der Waals surface area (Å²) in [6.07, 6.45) is 1.52. The molecule has 6 heteroatoms. The molecule has 1 aliphatic heterocycles. The number of benzene rings is 2. The van der Waals surface area contributed by atoms with E-state index in [-0.39, 0.29) is 23.8 Å². The molecule has 1 heterocycles. The molecule has 2 aromatic carbocycles. The fourth-order valence-electron chi connectivity index (χ4n) is 3.26. The van der Waals surface area contributed by atoms with Crippen LogP contribution in [0.2, 0.25) is 0 Å². The number of nitrogens with zero attached hydrogens (tertiary/aromatic N) is 1. The normalized spacial score (nSPS) is 16.5. The number of halogens is 1. The number of hydrogen-bond donors (Lipinski definition) is 2. The molecule has 0 aliphatic carbocycles. The van der Waals surface area contributed by atoms with Gasteiger partial charge in [-0.1, -0.05) is 34.1 Å². The van der Waals surface area contributed by atoms with Crippen molar-refractivity contribution in [3.63, 3.8) is 0 Å². The molecule has 1 saturated heterocycles. The van der Waals surface area contributed by atoms with Gasteiger partial charge < -0.3 is 10.6 Å². The predicted octanol–water partition coefficient (Wildman–Crippen LogP) is 4.13. The van der Waals surface area contributed by atoms with Gasteiger partial charge in [-0.15, -0.1) is 0 Å². The van der Waals surface area contributed by atoms with Crippen molar-refractivity contribution >= 4 is 39.1 Å². The van der Waals surface area contributed by atoms with Crippen LogP contribution in [0.1, 0.15) is 19.8 Å². The highest BCUT2D eigenvalue weighted by molar-refractivity contribution is 9.10. The molecule has 1 fully saturated rings. The van der Waals surface area contributed by atoms with Gasteiger partial charge in [0, 0.05) is 21.8 Å². The smallest absolute Gasteiger partial charge is 0.241 e. The van der Waals surface area contributed by atoms with Crippen molar-refractivity contribution in [3.05, 3.63) is 59.1 Å². The van der Waals surface area contributed by atoms with Gasteiger partial charge in [0.05, 0.1) is 6.04 Å². The van der Waals surface area contributed by atoms with Gasteiger partial charge in [0.15, 0.2) is 0 Å². The monoisotopic (exact) mass is 429 g/mol. The molecular formula is C21H24BrN3O2. The maximum Gasteiger partial charge on any atom is 0.241 e. The van der Waals surface area contributed by atoms with Crippen molar-refractivity contribution in [2.75, 3.05) is 23.7 Å². The Hall–Kier alpha value is -2.18. The fourth-order valence-corrected chi connectivity index (χ4v) is 3.52. The van der Waals surface area contributed by atoms with Crippen LogP contribution in [0.5, 0.6) is 0 Å². The third-order valence-electron chi connectivity index (χ3n) is 4.98. The van der Waals surface area contributed by atoms with Gasteiger partial charge in [0.25, 0.3) is 0 Å². The summed E-state index contributed by atoms with van der Waals surface area (Å²) in [5, 5.41) is 5.93. The Morgan fingerprint density at radius 2 is 1.56 bits per heavy atom. The lowest BCUT2D eigenvalue weighted by Gasteiger charge is -2.34. The van der Waals surface area contributed by atoms with Crippen molar-refractivity contribution in [3.8, 4) is 0 Å². The lowest BCUT2D eigenvalue weighted by molar-refractivity contribution is -0.123. The second kappa shape index (κ2) is 9.15. The Balaban J connectivity index is 1.48. The molecule has 0 bridgehead atoms. The first kappa shape index (κ1) is 19.6. The number of piperidine rings is 1. The van der Waals surface area contributed by atoms with Crippen molar-refractivity contribution in [1.82, 2.24) is 4.90 Å². The first-order valence-electron chi connectivity index (χ1n) is 9.19. The zero-order valence-corrected chi connectivity index (χ0v) is 16.9. The van der Waals surface area contributed by atoms with E-state index in [1.807, 2.05) is 61.5 Å². The maximum atomic E-state index is 12.5. The van der Waals surface area contributed by atoms with E-state index in [0.29, 0.717) is 0 Å². The van der Waals surface area contributed by atoms with Gasteiger partial charge in [-0.3, -0.25) is 14.5 Å². The van der Waals surface area contributed by atoms with Crippen LogP contribution >= 0.6 is 15.9 Å². The van der Waals surface area contributed by atoms with E-state index in [0.717, 1.165) is 41.8 Å². The summed E-state index contributed by atoms with van der Waals surface area (Å²) in [5.74, 6) is 0.0283. The number of carbonyl (C=O) groups excluding carboxylic acids is 2. The van der Waals surface area contributed by atoms with Gasteiger partial charge in [0.1, 0.15) is 0 Å². The maximum absolute atomic E-state index is 12.5. The standard InChI is InChI=1S/C21H24BrN3O2/c1-15(20(26)23-19-9-7-17(22)8-10-19)25-13-11-16(12-14-25)21(27)24-18-5-3-2-4-6-18/h2-10,15-16H,11-14H2,1H3,(H,23,26)(H,24,27). The minimum Gasteiger partial charge on any atom is -0.326 e. The molecule has 2 N–H and O–H groups in total. The molecule has 3 rings (SSSR count). The molecule has 1 atom stereocenters. The molecule has 142 valence electrons. The number of hydrogen-bond acceptors (Lipinski definition) is 3. The predicted molar refractivity (Wildman–Crippen MR) is 112 cm³/mol. The number of rotatable bonds is 5. The summed E-state index contributed by atoms with van der Waals surface area (Å²) in [5.41, 5.74) is 1.61. The average molecular weight is 430 g/mol. The number of nitrogens with one attached hydrogen (secondary N) is 2. The third kappa shape index (κ3) is 5.40. The van der Waals surface area contributed by atoms with Gasteiger partial charge in [-0.05, 0) is 69.3 Å². The Bertz CT molecular complexity index is 772. The summed E-state index contributed by atoms with van der Waals surface area (Å²) in [7, 11) is 0. The fraction of sp³-hybridized carbons (Fsp3) is 0.333. The average Bonchev–Trinajstić information content (AvgIpc) is 2.70. The highest BCUT2D eigenvalue weighted by Crippen LogP contribution is 2.22. The molecule has 27 heavy (non-hydrogen) atoms. The quantitative estimate of drug-likeness (QED) is 0.750. The first-order valence-corrected chi connectivity index (χ1v) is 9.98. The second-order valence-corrected chi connectivity index (χ2v) is 7.75. The number of carbonyl (C=O) groups is 2. The summed E-state index contributed by atoms with van der Waals surface area (Å²) >= 11 is 3.39. The van der Waals surface area contributed by atoms with Crippen LogP contribution in [-0.2, 0) is 9.59 Å². The Morgan fingerprint density at radius 1 is 0.963 bits per heavy atom. The number of anilines is 2. The number of likely N-dealkylation sites (tertiary alicyclic amines) is 1. The lowest BCUT2D eigenvalue weighted by Crippen LogP contribution is -2.47. The van der Waals surface area contributed by atoms with Crippen LogP contribution in [0.25, 0.3) is 0 Å². The van der Waals surface area contributed by atoms with Crippen LogP contribution in [0, 0.1) is 5.92 Å². The number of amides is 2. The van der Waals surface area contributed by atoms with Crippen molar-refractivity contribution in [1.29, 1.82) is 0 Å². The zero-order chi connectivity index (χ0) is 19.2. The van der Waals surface area contributed by atoms with Crippen LogP contribution in [0.3, 0.4) is 0 Å². The van der Waals surface area contributed by atoms with E-state index < -0.39 is 0 Å². The lowest BCUT2D eigenvalue weighted by atomic mass is 9.94. The molecule has 0 spiro atoms. The van der Waals surface area contributed by atoms with Crippen LogP contribution < -0.4 is 10.6 Å². The van der Waals surface area contributed by atoms with Crippen LogP contribution in [-0.4, -0.2) is 35.8 Å². The topological polar surface area (TPSA) is 61.4 Å². The first-order chi connectivity index (χ1) is 13.0. The Morgan fingerprint density at radius 3 is 2.19 bits per heavy atom. The van der Waals surface area contributed by atoms with E-state index in [2.05, 4.69) is 31.5 Å². The molecule has 1 unspecified atom stereocenters. The Labute approximate surface area is 168 Å². The Kier molecular flexibility index (Phi) is 6.63. The zero-order valence-electron chi connectivity index (χ0n) is 15.3. The molecule has 0 radical (unpaired) electrons. The molecule has 2 aromatic rings. The van der Waals surface area contributed by atoms with E-state index >= 15 is 0 Å². The molecule has 0 aromatic heterocycles. The molecule has 5 nitrogen and oxygen atoms in total. The van der Waals surface area contributed by atoms with Crippen LogP contribution in [0.4, 0.5) is 11.4 Å². The molecule has 1 aliphatic rings. The van der Waals surface area contributed by atoms with Gasteiger partial charge in [-0.25, -0.2) is 0 Å². The minimum absolute atomic E-state index is 0.0109. The van der Waals surface area contributed by atoms with Crippen LogP contribution in [0.15, 0.2) is 59.1 Å². The largest absolute Gasteiger partial charge is 0.326 e. The van der Waals surface area contributed by atoms with Gasteiger partial charge in [0.2, 0.25) is 11.8 Å².